The molecule has 5 rings (SSSR count). The summed E-state index contributed by atoms with van der Waals surface area (Å²) in [7, 11) is 0. The van der Waals surface area contributed by atoms with Gasteiger partial charge in [-0.25, -0.2) is 0 Å². The van der Waals surface area contributed by atoms with Crippen molar-refractivity contribution in [1.82, 2.24) is 0 Å². The van der Waals surface area contributed by atoms with Gasteiger partial charge in [0.25, 0.3) is 0 Å². The highest BCUT2D eigenvalue weighted by Gasteiger charge is 2.45. The minimum Gasteiger partial charge on any atom is -0.491 e. The third kappa shape index (κ3) is 7.63. The Morgan fingerprint density at radius 1 is 0.604 bits per heavy atom. The number of hydrogen-bond donors (Lipinski definition) is 0. The molecule has 0 saturated heterocycles. The molecule has 0 amide bonds. The number of ether oxygens (including phenoxy) is 4. The van der Waals surface area contributed by atoms with Crippen LogP contribution in [0.5, 0.6) is 11.5 Å². The summed E-state index contributed by atoms with van der Waals surface area (Å²) >= 11 is 0. The Morgan fingerprint density at radius 2 is 1.10 bits per heavy atom. The van der Waals surface area contributed by atoms with Gasteiger partial charge >= 0.3 is 5.97 Å². The topological polar surface area (TPSA) is 54.0 Å². The highest BCUT2D eigenvalue weighted by atomic mass is 16.6. The molecule has 0 heterocycles. The number of carbonyl (C=O) groups is 1. The van der Waals surface area contributed by atoms with Crippen molar-refractivity contribution in [3.8, 4) is 22.6 Å². The van der Waals surface area contributed by atoms with Gasteiger partial charge in [0, 0.05) is 0 Å². The van der Waals surface area contributed by atoms with Crippen LogP contribution in [0.2, 0.25) is 0 Å². The molecule has 1 aliphatic rings. The fraction of sp³-hybridized carbons (Fsp3) is 0.419. The van der Waals surface area contributed by atoms with E-state index < -0.39 is 10.8 Å². The van der Waals surface area contributed by atoms with Gasteiger partial charge in [0.2, 0.25) is 0 Å². The van der Waals surface area contributed by atoms with Gasteiger partial charge in [0.05, 0.1) is 23.0 Å². The van der Waals surface area contributed by atoms with E-state index in [0.29, 0.717) is 19.8 Å². The quantitative estimate of drug-likeness (QED) is 0.0742. The molecule has 4 aromatic carbocycles. The van der Waals surface area contributed by atoms with Crippen LogP contribution in [0.15, 0.2) is 97.1 Å². The molecule has 1 aliphatic carbocycles. The second-order valence-corrected chi connectivity index (χ2v) is 14.1. The fourth-order valence-electron chi connectivity index (χ4n) is 6.99. The third-order valence-electron chi connectivity index (χ3n) is 9.52. The van der Waals surface area contributed by atoms with Crippen LogP contribution in [0.1, 0.15) is 95.9 Å². The first-order valence-corrected chi connectivity index (χ1v) is 17.6. The zero-order valence-electron chi connectivity index (χ0n) is 29.6. The molecule has 0 spiro atoms. The lowest BCUT2D eigenvalue weighted by molar-refractivity contribution is -0.155. The molecule has 0 bridgehead atoms. The Labute approximate surface area is 287 Å². The van der Waals surface area contributed by atoms with Crippen LogP contribution >= 0.6 is 0 Å². The molecule has 0 radical (unpaired) electrons. The first-order chi connectivity index (χ1) is 23.1. The largest absolute Gasteiger partial charge is 0.491 e. The van der Waals surface area contributed by atoms with Crippen LogP contribution in [-0.4, -0.2) is 38.0 Å². The molecule has 0 atom stereocenters. The Morgan fingerprint density at radius 3 is 1.60 bits per heavy atom. The van der Waals surface area contributed by atoms with Crippen molar-refractivity contribution in [3.05, 3.63) is 119 Å². The number of rotatable bonds is 17. The van der Waals surface area contributed by atoms with Crippen molar-refractivity contribution in [1.29, 1.82) is 0 Å². The van der Waals surface area contributed by atoms with E-state index in [9.17, 15) is 4.79 Å². The van der Waals surface area contributed by atoms with Gasteiger partial charge in [-0.2, -0.15) is 0 Å². The summed E-state index contributed by atoms with van der Waals surface area (Å²) in [6, 6.07) is 34.3. The van der Waals surface area contributed by atoms with Crippen molar-refractivity contribution in [2.24, 2.45) is 5.41 Å². The van der Waals surface area contributed by atoms with Crippen molar-refractivity contribution in [2.45, 2.75) is 84.7 Å². The minimum absolute atomic E-state index is 0.141. The van der Waals surface area contributed by atoms with Gasteiger partial charge in [-0.05, 0) is 98.2 Å². The van der Waals surface area contributed by atoms with E-state index >= 15 is 0 Å². The second kappa shape index (κ2) is 15.4. The monoisotopic (exact) mass is 648 g/mol. The SMILES string of the molecule is CCCCC(C)(C)OCCOc1ccc(C2(c3ccc(OCCOC(=O)C(C)(C)CCC)cc3)c3ccccc3-c3ccccc32)cc1. The van der Waals surface area contributed by atoms with Crippen molar-refractivity contribution in [3.63, 3.8) is 0 Å². The number of benzene rings is 4. The number of unbranched alkanes of at least 4 members (excludes halogenated alkanes) is 1. The van der Waals surface area contributed by atoms with Crippen LogP contribution in [-0.2, 0) is 19.7 Å². The first kappa shape index (κ1) is 35.2. The Bertz CT molecular complexity index is 1590. The zero-order valence-corrected chi connectivity index (χ0v) is 29.6. The summed E-state index contributed by atoms with van der Waals surface area (Å²) in [6.07, 6.45) is 5.11. The van der Waals surface area contributed by atoms with Gasteiger partial charge in [0.1, 0.15) is 31.3 Å². The predicted octanol–water partition coefficient (Wildman–Crippen LogP) is 10.2. The fourth-order valence-corrected chi connectivity index (χ4v) is 6.99. The van der Waals surface area contributed by atoms with Crippen molar-refractivity contribution >= 4 is 5.97 Å². The van der Waals surface area contributed by atoms with E-state index in [-0.39, 0.29) is 18.2 Å². The second-order valence-electron chi connectivity index (χ2n) is 14.1. The summed E-state index contributed by atoms with van der Waals surface area (Å²) in [5.41, 5.74) is 6.15. The Balaban J connectivity index is 1.37. The number of hydrogen-bond acceptors (Lipinski definition) is 5. The molecule has 0 unspecified atom stereocenters. The normalized spacial score (nSPS) is 13.5. The molecular formula is C43H52O5. The van der Waals surface area contributed by atoms with E-state index in [1.54, 1.807) is 0 Å². The van der Waals surface area contributed by atoms with Crippen molar-refractivity contribution in [2.75, 3.05) is 26.4 Å². The Kier molecular flexibility index (Phi) is 11.3. The Hall–Kier alpha value is -4.09. The van der Waals surface area contributed by atoms with Crippen LogP contribution < -0.4 is 9.47 Å². The predicted molar refractivity (Wildman–Crippen MR) is 194 cm³/mol. The van der Waals surface area contributed by atoms with Crippen LogP contribution in [0.4, 0.5) is 0 Å². The minimum atomic E-state index is -0.517. The maximum Gasteiger partial charge on any atom is 0.311 e. The van der Waals surface area contributed by atoms with Gasteiger partial charge in [0.15, 0.2) is 0 Å². The summed E-state index contributed by atoms with van der Waals surface area (Å²) in [4.78, 5) is 12.5. The number of esters is 1. The molecule has 0 N–H and O–H groups in total. The van der Waals surface area contributed by atoms with Gasteiger partial charge in [-0.1, -0.05) is 106 Å². The smallest absolute Gasteiger partial charge is 0.311 e. The maximum atomic E-state index is 12.5. The van der Waals surface area contributed by atoms with Crippen molar-refractivity contribution < 1.29 is 23.7 Å². The lowest BCUT2D eigenvalue weighted by atomic mass is 9.68. The molecular weight excluding hydrogens is 596 g/mol. The number of carbonyl (C=O) groups excluding carboxylic acids is 1. The molecule has 0 saturated carbocycles. The third-order valence-corrected chi connectivity index (χ3v) is 9.52. The van der Waals surface area contributed by atoms with Crippen LogP contribution in [0, 0.1) is 5.41 Å². The molecule has 4 aromatic rings. The average Bonchev–Trinajstić information content (AvgIpc) is 3.39. The molecule has 0 fully saturated rings. The molecule has 5 heteroatoms. The molecule has 0 aliphatic heterocycles. The summed E-state index contributed by atoms with van der Waals surface area (Å²) in [5, 5.41) is 0. The van der Waals surface area contributed by atoms with E-state index in [0.717, 1.165) is 42.7 Å². The lowest BCUT2D eigenvalue weighted by Crippen LogP contribution is -2.28. The zero-order chi connectivity index (χ0) is 34.2. The molecule has 5 nitrogen and oxygen atoms in total. The van der Waals surface area contributed by atoms with Gasteiger partial charge < -0.3 is 18.9 Å². The first-order valence-electron chi connectivity index (χ1n) is 17.6. The standard InChI is InChI=1S/C43H52O5/c1-7-9-27-42(5,6)48-31-30-46-35-24-20-33(21-25-35)43(38-16-12-10-14-36(38)37-15-11-13-17-39(37)43)32-18-22-34(23-19-32)45-28-29-47-40(44)41(3,4)26-8-2/h10-25H,7-9,26-31H2,1-6H3. The molecule has 48 heavy (non-hydrogen) atoms. The summed E-state index contributed by atoms with van der Waals surface area (Å²) in [6.45, 7) is 14.0. The van der Waals surface area contributed by atoms with E-state index in [1.807, 2.05) is 26.0 Å². The molecule has 0 aromatic heterocycles. The number of fused-ring (bicyclic) bond motifs is 3. The summed E-state index contributed by atoms with van der Waals surface area (Å²) < 4.78 is 23.8. The van der Waals surface area contributed by atoms with Crippen LogP contribution in [0.3, 0.4) is 0 Å². The summed E-state index contributed by atoms with van der Waals surface area (Å²) in [5.74, 6) is 1.38. The average molecular weight is 649 g/mol. The van der Waals surface area contributed by atoms with E-state index in [4.69, 9.17) is 18.9 Å². The molecule has 254 valence electrons. The highest BCUT2D eigenvalue weighted by Crippen LogP contribution is 2.56. The van der Waals surface area contributed by atoms with Gasteiger partial charge in [-0.3, -0.25) is 4.79 Å². The van der Waals surface area contributed by atoms with E-state index in [1.165, 1.54) is 34.2 Å². The highest BCUT2D eigenvalue weighted by molar-refractivity contribution is 5.86. The van der Waals surface area contributed by atoms with Crippen LogP contribution in [0.25, 0.3) is 11.1 Å². The maximum absolute atomic E-state index is 12.5. The van der Waals surface area contributed by atoms with E-state index in [2.05, 4.69) is 113 Å². The lowest BCUT2D eigenvalue weighted by Gasteiger charge is -2.34. The van der Waals surface area contributed by atoms with Gasteiger partial charge in [-0.15, -0.1) is 0 Å².